The van der Waals surface area contributed by atoms with E-state index in [1.54, 1.807) is 45.5 Å². The molecule has 2 bridgehead atoms. The van der Waals surface area contributed by atoms with Crippen LogP contribution >= 0.6 is 27.7 Å². The van der Waals surface area contributed by atoms with Gasteiger partial charge in [0.2, 0.25) is 17.7 Å². The lowest BCUT2D eigenvalue weighted by atomic mass is 9.70. The van der Waals surface area contributed by atoms with E-state index in [4.69, 9.17) is 0 Å². The molecule has 3 rings (SSSR count). The monoisotopic (exact) mass is 569 g/mol. The van der Waals surface area contributed by atoms with Crippen LogP contribution in [0.25, 0.3) is 0 Å². The van der Waals surface area contributed by atoms with Crippen LogP contribution in [0, 0.1) is 11.8 Å². The van der Waals surface area contributed by atoms with Gasteiger partial charge in [0, 0.05) is 36.3 Å². The molecule has 0 aromatic rings. The highest BCUT2D eigenvalue weighted by Gasteiger charge is 2.76. The fourth-order valence-corrected chi connectivity index (χ4v) is 9.67. The summed E-state index contributed by atoms with van der Waals surface area (Å²) in [5, 5.41) is 9.97. The van der Waals surface area contributed by atoms with Crippen molar-refractivity contribution < 1.29 is 19.5 Å². The molecule has 0 aromatic heterocycles. The molecular formula is C26H40BrN3O4S. The van der Waals surface area contributed by atoms with Crippen molar-refractivity contribution in [3.8, 4) is 0 Å². The molecular weight excluding hydrogens is 530 g/mol. The molecule has 3 amide bonds. The summed E-state index contributed by atoms with van der Waals surface area (Å²) in [6, 6.07) is -1.23. The van der Waals surface area contributed by atoms with Crippen molar-refractivity contribution in [3.05, 3.63) is 25.3 Å². The summed E-state index contributed by atoms with van der Waals surface area (Å²) < 4.78 is -0.700. The summed E-state index contributed by atoms with van der Waals surface area (Å²) in [5.74, 6) is -1.41. The van der Waals surface area contributed by atoms with Gasteiger partial charge < -0.3 is 19.8 Å². The van der Waals surface area contributed by atoms with Gasteiger partial charge in [0.05, 0.1) is 29.2 Å². The van der Waals surface area contributed by atoms with Gasteiger partial charge in [-0.05, 0) is 26.2 Å². The Labute approximate surface area is 222 Å². The van der Waals surface area contributed by atoms with Crippen molar-refractivity contribution in [2.75, 3.05) is 32.8 Å². The van der Waals surface area contributed by atoms with E-state index in [0.717, 1.165) is 19.3 Å². The molecule has 35 heavy (non-hydrogen) atoms. The predicted octanol–water partition coefficient (Wildman–Crippen LogP) is 3.07. The largest absolute Gasteiger partial charge is 0.394 e. The van der Waals surface area contributed by atoms with Gasteiger partial charge in [-0.2, -0.15) is 0 Å². The van der Waals surface area contributed by atoms with Gasteiger partial charge in [0.25, 0.3) is 0 Å². The minimum Gasteiger partial charge on any atom is -0.394 e. The van der Waals surface area contributed by atoms with Crippen LogP contribution in [0.5, 0.6) is 0 Å². The van der Waals surface area contributed by atoms with Crippen LogP contribution in [0.4, 0.5) is 0 Å². The van der Waals surface area contributed by atoms with Crippen molar-refractivity contribution >= 4 is 45.4 Å². The Balaban J connectivity index is 2.07. The number of hydrogen-bond donors (Lipinski definition) is 1. The molecule has 0 aliphatic carbocycles. The number of thioether (sulfide) groups is 1. The van der Waals surface area contributed by atoms with Crippen LogP contribution in [0.15, 0.2) is 25.3 Å². The van der Waals surface area contributed by atoms with Gasteiger partial charge in [-0.1, -0.05) is 48.4 Å². The molecule has 1 spiro atoms. The van der Waals surface area contributed by atoms with E-state index in [0.29, 0.717) is 32.6 Å². The lowest BCUT2D eigenvalue weighted by Crippen LogP contribution is -2.57. The summed E-state index contributed by atoms with van der Waals surface area (Å²) in [7, 11) is 0. The molecule has 0 saturated carbocycles. The predicted molar refractivity (Wildman–Crippen MR) is 144 cm³/mol. The molecule has 3 saturated heterocycles. The quantitative estimate of drug-likeness (QED) is 0.272. The fraction of sp³-hybridized carbons (Fsp3) is 0.731. The third-order valence-electron chi connectivity index (χ3n) is 7.58. The van der Waals surface area contributed by atoms with E-state index in [2.05, 4.69) is 36.0 Å². The molecule has 3 aliphatic heterocycles. The van der Waals surface area contributed by atoms with Crippen LogP contribution in [-0.4, -0.2) is 97.2 Å². The number of unbranched alkanes of at least 4 members (excludes halogenated alkanes) is 1. The Morgan fingerprint density at radius 2 is 1.83 bits per heavy atom. The Bertz CT molecular complexity index is 841. The molecule has 3 heterocycles. The number of nitrogens with zero attached hydrogens (tertiary/aromatic N) is 3. The van der Waals surface area contributed by atoms with Crippen molar-refractivity contribution in [3.63, 3.8) is 0 Å². The molecule has 196 valence electrons. The van der Waals surface area contributed by atoms with E-state index in [1.165, 1.54) is 0 Å². The molecule has 7 atom stereocenters. The van der Waals surface area contributed by atoms with Crippen LogP contribution in [0.2, 0.25) is 0 Å². The maximum absolute atomic E-state index is 14.1. The molecule has 3 fully saturated rings. The number of likely N-dealkylation sites (tertiary alicyclic amines) is 1. The first-order valence-corrected chi connectivity index (χ1v) is 14.6. The zero-order valence-electron chi connectivity index (χ0n) is 21.2. The number of carbonyl (C=O) groups is 3. The Hall–Kier alpha value is -1.32. The number of aliphatic hydroxyl groups excluding tert-OH is 1. The second-order valence-electron chi connectivity index (χ2n) is 9.94. The van der Waals surface area contributed by atoms with E-state index in [9.17, 15) is 19.5 Å². The first-order chi connectivity index (χ1) is 16.7. The number of amides is 3. The molecule has 0 radical (unpaired) electrons. The number of rotatable bonds is 13. The van der Waals surface area contributed by atoms with Crippen LogP contribution in [0.3, 0.4) is 0 Å². The van der Waals surface area contributed by atoms with Gasteiger partial charge in [0.15, 0.2) is 0 Å². The zero-order valence-corrected chi connectivity index (χ0v) is 23.6. The van der Waals surface area contributed by atoms with Crippen molar-refractivity contribution in [1.29, 1.82) is 0 Å². The van der Waals surface area contributed by atoms with Crippen molar-refractivity contribution in [2.45, 2.75) is 73.4 Å². The number of alkyl halides is 1. The second kappa shape index (κ2) is 11.8. The smallest absolute Gasteiger partial charge is 0.247 e. The normalized spacial score (nSPS) is 31.9. The molecule has 7 nitrogen and oxygen atoms in total. The summed E-state index contributed by atoms with van der Waals surface area (Å²) in [4.78, 5) is 47.2. The number of aliphatic hydroxyl groups is 1. The molecule has 3 aliphatic rings. The average molecular weight is 571 g/mol. The third-order valence-corrected chi connectivity index (χ3v) is 10.8. The lowest BCUT2D eigenvalue weighted by molar-refractivity contribution is -0.146. The highest BCUT2D eigenvalue weighted by Crippen LogP contribution is 2.68. The Kier molecular flexibility index (Phi) is 9.54. The first kappa shape index (κ1) is 28.3. The summed E-state index contributed by atoms with van der Waals surface area (Å²) in [6.45, 7) is 15.3. The van der Waals surface area contributed by atoms with Gasteiger partial charge in [-0.25, -0.2) is 0 Å². The van der Waals surface area contributed by atoms with Crippen molar-refractivity contribution in [1.82, 2.24) is 14.7 Å². The number of halogens is 1. The molecule has 1 N–H and O–H groups in total. The van der Waals surface area contributed by atoms with Gasteiger partial charge in [-0.15, -0.1) is 24.9 Å². The van der Waals surface area contributed by atoms with Crippen LogP contribution in [0.1, 0.15) is 46.5 Å². The fourth-order valence-electron chi connectivity index (χ4n) is 6.09. The maximum atomic E-state index is 14.1. The summed E-state index contributed by atoms with van der Waals surface area (Å²) >= 11 is 5.45. The minimum absolute atomic E-state index is 0.0286. The van der Waals surface area contributed by atoms with Gasteiger partial charge in [0.1, 0.15) is 6.04 Å². The highest BCUT2D eigenvalue weighted by atomic mass is 79.9. The van der Waals surface area contributed by atoms with E-state index in [-0.39, 0.29) is 34.4 Å². The van der Waals surface area contributed by atoms with Gasteiger partial charge in [-0.3, -0.25) is 14.4 Å². The standard InChI is InChI=1S/C26H40BrN3O4S/c1-6-10-14-29(13-9-4)25(34)22-26-15-18(27)21(35-26)19(23(32)28(11-7-2)12-8-3)20(26)24(33)30(22)17(5)16-31/h7,9,17-22,31H,2,4,6,8,10-16H2,1,3,5H3/t17-,18?,19-,20+,21-,22?,26?/m1/s1. The van der Waals surface area contributed by atoms with Gasteiger partial charge >= 0.3 is 0 Å². The van der Waals surface area contributed by atoms with Crippen LogP contribution in [-0.2, 0) is 14.4 Å². The third kappa shape index (κ3) is 4.85. The molecule has 9 heteroatoms. The van der Waals surface area contributed by atoms with E-state index >= 15 is 0 Å². The summed E-state index contributed by atoms with van der Waals surface area (Å²) in [5.41, 5.74) is 0. The number of carbonyl (C=O) groups excluding carboxylic acids is 3. The first-order valence-electron chi connectivity index (χ1n) is 12.8. The molecule has 3 unspecified atom stereocenters. The summed E-state index contributed by atoms with van der Waals surface area (Å²) in [6.07, 6.45) is 6.70. The number of fused-ring (bicyclic) bond motifs is 1. The zero-order chi connectivity index (χ0) is 25.9. The second-order valence-corrected chi connectivity index (χ2v) is 12.7. The average Bonchev–Trinajstić information content (AvgIpc) is 3.43. The topological polar surface area (TPSA) is 81.2 Å². The highest BCUT2D eigenvalue weighted by molar-refractivity contribution is 9.09. The van der Waals surface area contributed by atoms with Crippen molar-refractivity contribution in [2.24, 2.45) is 11.8 Å². The van der Waals surface area contributed by atoms with Crippen LogP contribution < -0.4 is 0 Å². The van der Waals surface area contributed by atoms with E-state index in [1.807, 2.05) is 6.92 Å². The van der Waals surface area contributed by atoms with E-state index < -0.39 is 28.7 Å². The SMILES string of the molecule is C=CCN(CCCC)C(=O)C1N([C@H](C)CO)C(=O)[C@@H]2[C@@H](C(=O)N(CC=C)CCC)[C@@H]3SC12CC3Br. The Morgan fingerprint density at radius 3 is 2.37 bits per heavy atom. The molecule has 0 aromatic carbocycles. The maximum Gasteiger partial charge on any atom is 0.247 e. The minimum atomic E-state index is -0.717. The number of hydrogen-bond acceptors (Lipinski definition) is 5. The Morgan fingerprint density at radius 1 is 1.20 bits per heavy atom. The lowest BCUT2D eigenvalue weighted by Gasteiger charge is -2.39.